The van der Waals surface area contributed by atoms with Crippen LogP contribution in [0.15, 0.2) is 18.2 Å². The van der Waals surface area contributed by atoms with Crippen LogP contribution >= 0.6 is 0 Å². The van der Waals surface area contributed by atoms with E-state index in [9.17, 15) is 5.11 Å². The molecule has 2 N–H and O–H groups in total. The van der Waals surface area contributed by atoms with Gasteiger partial charge in [-0.1, -0.05) is 25.3 Å². The minimum Gasteiger partial charge on any atom is -0.493 e. The number of likely N-dealkylation sites (tertiary alicyclic amines) is 1. The number of aliphatic hydroxyl groups is 1. The van der Waals surface area contributed by atoms with Gasteiger partial charge in [0, 0.05) is 30.9 Å². The van der Waals surface area contributed by atoms with E-state index in [1.54, 1.807) is 7.11 Å². The van der Waals surface area contributed by atoms with Crippen LogP contribution in [-0.4, -0.2) is 71.6 Å². The molecule has 0 spiro atoms. The summed E-state index contributed by atoms with van der Waals surface area (Å²) in [5, 5.41) is 17.8. The van der Waals surface area contributed by atoms with E-state index < -0.39 is 6.10 Å². The highest BCUT2D eigenvalue weighted by Gasteiger charge is 2.16. The van der Waals surface area contributed by atoms with Gasteiger partial charge in [0.05, 0.1) is 12.8 Å². The summed E-state index contributed by atoms with van der Waals surface area (Å²) in [4.78, 5) is 4.63. The second-order valence-electron chi connectivity index (χ2n) is 9.10. The topological polar surface area (TPSA) is 73.8 Å². The predicted molar refractivity (Wildman–Crippen MR) is 127 cm³/mol. The standard InChI is InChI=1S/C25H40N4O3/c1-19-23(20(2)27-26-19)17-28(3)15-21-10-11-24(25(14-21)31-4)32-18-22(30)16-29-12-8-6-5-7-9-13-29/h10-11,14,22,30H,5-9,12-13,15-18H2,1-4H3,(H,26,27)/t22-/m1/s1. The van der Waals surface area contributed by atoms with Crippen LogP contribution in [0, 0.1) is 13.8 Å². The summed E-state index contributed by atoms with van der Waals surface area (Å²) >= 11 is 0. The molecule has 1 aromatic carbocycles. The van der Waals surface area contributed by atoms with E-state index in [1.807, 2.05) is 19.1 Å². The molecule has 0 amide bonds. The molecule has 2 aromatic rings. The van der Waals surface area contributed by atoms with Crippen LogP contribution in [0.25, 0.3) is 0 Å². The molecule has 7 nitrogen and oxygen atoms in total. The van der Waals surface area contributed by atoms with E-state index in [0.29, 0.717) is 18.0 Å². The van der Waals surface area contributed by atoms with Gasteiger partial charge >= 0.3 is 0 Å². The number of hydrogen-bond donors (Lipinski definition) is 2. The summed E-state index contributed by atoms with van der Waals surface area (Å²) in [6.45, 7) is 8.78. The monoisotopic (exact) mass is 444 g/mol. The zero-order valence-corrected chi connectivity index (χ0v) is 20.2. The van der Waals surface area contributed by atoms with Crippen molar-refractivity contribution in [2.75, 3.05) is 40.4 Å². The molecule has 0 aliphatic carbocycles. The molecule has 1 aliphatic rings. The van der Waals surface area contributed by atoms with Gasteiger partial charge in [0.25, 0.3) is 0 Å². The maximum atomic E-state index is 10.5. The number of aromatic amines is 1. The van der Waals surface area contributed by atoms with Gasteiger partial charge in [-0.3, -0.25) is 10.00 Å². The molecule has 1 aliphatic heterocycles. The van der Waals surface area contributed by atoms with Gasteiger partial charge in [0.2, 0.25) is 0 Å². The number of nitrogens with zero attached hydrogens (tertiary/aromatic N) is 3. The first-order chi connectivity index (χ1) is 15.5. The molecule has 0 saturated carbocycles. The normalized spacial score (nSPS) is 16.6. The average Bonchev–Trinajstić information content (AvgIpc) is 3.06. The van der Waals surface area contributed by atoms with E-state index in [2.05, 4.69) is 40.0 Å². The smallest absolute Gasteiger partial charge is 0.161 e. The van der Waals surface area contributed by atoms with Crippen LogP contribution in [0.3, 0.4) is 0 Å². The molecule has 1 fully saturated rings. The van der Waals surface area contributed by atoms with Gasteiger partial charge in [-0.15, -0.1) is 0 Å². The summed E-state index contributed by atoms with van der Waals surface area (Å²) in [6, 6.07) is 6.03. The fourth-order valence-corrected chi connectivity index (χ4v) is 4.41. The molecule has 1 saturated heterocycles. The SMILES string of the molecule is COc1cc(CN(C)Cc2c(C)n[nH]c2C)ccc1OC[C@H](O)CN1CCCCCCC1. The molecule has 0 radical (unpaired) electrons. The van der Waals surface area contributed by atoms with E-state index in [4.69, 9.17) is 9.47 Å². The Kier molecular flexibility index (Phi) is 9.38. The number of methoxy groups -OCH3 is 1. The van der Waals surface area contributed by atoms with Gasteiger partial charge in [-0.2, -0.15) is 5.10 Å². The zero-order valence-electron chi connectivity index (χ0n) is 20.2. The number of rotatable bonds is 10. The maximum absolute atomic E-state index is 10.5. The number of aromatic nitrogens is 2. The third-order valence-corrected chi connectivity index (χ3v) is 6.24. The van der Waals surface area contributed by atoms with Crippen molar-refractivity contribution in [3.8, 4) is 11.5 Å². The van der Waals surface area contributed by atoms with Crippen LogP contribution in [0.5, 0.6) is 11.5 Å². The van der Waals surface area contributed by atoms with Crippen molar-refractivity contribution in [3.63, 3.8) is 0 Å². The summed E-state index contributed by atoms with van der Waals surface area (Å²) in [6.07, 6.45) is 5.86. The number of nitrogens with one attached hydrogen (secondary N) is 1. The molecule has 178 valence electrons. The second kappa shape index (κ2) is 12.2. The fraction of sp³-hybridized carbons (Fsp3) is 0.640. The number of benzene rings is 1. The van der Waals surface area contributed by atoms with Crippen molar-refractivity contribution in [3.05, 3.63) is 40.7 Å². The third-order valence-electron chi connectivity index (χ3n) is 6.24. The fourth-order valence-electron chi connectivity index (χ4n) is 4.41. The zero-order chi connectivity index (χ0) is 22.9. The lowest BCUT2D eigenvalue weighted by Crippen LogP contribution is -2.37. The van der Waals surface area contributed by atoms with Gasteiger partial charge in [-0.05, 0) is 64.5 Å². The van der Waals surface area contributed by atoms with Crippen molar-refractivity contribution in [2.45, 2.75) is 65.1 Å². The minimum absolute atomic E-state index is 0.269. The van der Waals surface area contributed by atoms with Crippen LogP contribution < -0.4 is 9.47 Å². The molecule has 7 heteroatoms. The lowest BCUT2D eigenvalue weighted by atomic mass is 10.1. The first-order valence-electron chi connectivity index (χ1n) is 11.9. The molecule has 2 heterocycles. The number of aliphatic hydroxyl groups excluding tert-OH is 1. The Hall–Kier alpha value is -2.09. The van der Waals surface area contributed by atoms with Crippen LogP contribution in [0.1, 0.15) is 54.6 Å². The number of ether oxygens (including phenoxy) is 2. The quantitative estimate of drug-likeness (QED) is 0.582. The van der Waals surface area contributed by atoms with Gasteiger partial charge < -0.3 is 19.5 Å². The Morgan fingerprint density at radius 2 is 1.81 bits per heavy atom. The van der Waals surface area contributed by atoms with Gasteiger partial charge in [-0.25, -0.2) is 0 Å². The van der Waals surface area contributed by atoms with Gasteiger partial charge in [0.1, 0.15) is 12.7 Å². The Labute approximate surface area is 192 Å². The Morgan fingerprint density at radius 3 is 2.47 bits per heavy atom. The molecule has 32 heavy (non-hydrogen) atoms. The van der Waals surface area contributed by atoms with E-state index in [0.717, 1.165) is 43.1 Å². The molecule has 0 bridgehead atoms. The van der Waals surface area contributed by atoms with Crippen LogP contribution in [0.2, 0.25) is 0 Å². The molecule has 1 aromatic heterocycles. The van der Waals surface area contributed by atoms with Crippen LogP contribution in [-0.2, 0) is 13.1 Å². The summed E-state index contributed by atoms with van der Waals surface area (Å²) < 4.78 is 11.5. The van der Waals surface area contributed by atoms with Crippen molar-refractivity contribution in [1.82, 2.24) is 20.0 Å². The maximum Gasteiger partial charge on any atom is 0.161 e. The van der Waals surface area contributed by atoms with Crippen LogP contribution in [0.4, 0.5) is 0 Å². The highest BCUT2D eigenvalue weighted by atomic mass is 16.5. The molecular weight excluding hydrogens is 404 g/mol. The molecule has 0 unspecified atom stereocenters. The third kappa shape index (κ3) is 7.22. The van der Waals surface area contributed by atoms with Gasteiger partial charge in [0.15, 0.2) is 11.5 Å². The summed E-state index contributed by atoms with van der Waals surface area (Å²) in [5.41, 5.74) is 4.56. The highest BCUT2D eigenvalue weighted by molar-refractivity contribution is 5.43. The highest BCUT2D eigenvalue weighted by Crippen LogP contribution is 2.29. The average molecular weight is 445 g/mol. The van der Waals surface area contributed by atoms with Crippen molar-refractivity contribution in [2.24, 2.45) is 0 Å². The Balaban J connectivity index is 1.51. The lowest BCUT2D eigenvalue weighted by Gasteiger charge is -2.26. The summed E-state index contributed by atoms with van der Waals surface area (Å²) in [7, 11) is 3.76. The minimum atomic E-state index is -0.508. The van der Waals surface area contributed by atoms with Crippen molar-refractivity contribution >= 4 is 0 Å². The lowest BCUT2D eigenvalue weighted by molar-refractivity contribution is 0.0645. The number of aryl methyl sites for hydroxylation is 2. The second-order valence-corrected chi connectivity index (χ2v) is 9.10. The number of hydrogen-bond acceptors (Lipinski definition) is 6. The summed E-state index contributed by atoms with van der Waals surface area (Å²) in [5.74, 6) is 1.37. The van der Waals surface area contributed by atoms with E-state index in [1.165, 1.54) is 37.7 Å². The Morgan fingerprint density at radius 1 is 1.09 bits per heavy atom. The van der Waals surface area contributed by atoms with E-state index >= 15 is 0 Å². The molecular formula is C25H40N4O3. The number of H-pyrrole nitrogens is 1. The van der Waals surface area contributed by atoms with Crippen molar-refractivity contribution < 1.29 is 14.6 Å². The molecule has 3 rings (SSSR count). The van der Waals surface area contributed by atoms with E-state index in [-0.39, 0.29) is 6.61 Å². The number of β-amino-alcohol motifs (C(OH)–C–C–N with tert-alkyl or cyclic N) is 1. The largest absolute Gasteiger partial charge is 0.493 e. The van der Waals surface area contributed by atoms with Crippen molar-refractivity contribution in [1.29, 1.82) is 0 Å². The molecule has 1 atom stereocenters. The Bertz CT molecular complexity index is 811. The predicted octanol–water partition coefficient (Wildman–Crippen LogP) is 3.67. The first kappa shape index (κ1) is 24.6. The first-order valence-corrected chi connectivity index (χ1v) is 11.9.